The third kappa shape index (κ3) is 6.05. The molecule has 1 rings (SSSR count). The van der Waals surface area contributed by atoms with Gasteiger partial charge >= 0.3 is 0 Å². The first-order valence-electron chi connectivity index (χ1n) is 7.86. The quantitative estimate of drug-likeness (QED) is 0.689. The van der Waals surface area contributed by atoms with Crippen LogP contribution < -0.4 is 0 Å². The number of carbonyl (C=O) groups is 1. The summed E-state index contributed by atoms with van der Waals surface area (Å²) < 4.78 is 0. The first kappa shape index (κ1) is 16.6. The predicted octanol–water partition coefficient (Wildman–Crippen LogP) is 2.72. The zero-order valence-corrected chi connectivity index (χ0v) is 12.9. The molecule has 1 aliphatic rings. The van der Waals surface area contributed by atoms with E-state index in [1.54, 1.807) is 0 Å². The Bertz CT molecular complexity index is 265. The summed E-state index contributed by atoms with van der Waals surface area (Å²) in [4.78, 5) is 14.3. The van der Waals surface area contributed by atoms with Gasteiger partial charge in [0.25, 0.3) is 0 Å². The van der Waals surface area contributed by atoms with Crippen molar-refractivity contribution in [2.45, 2.75) is 52.4 Å². The molecule has 2 unspecified atom stereocenters. The van der Waals surface area contributed by atoms with E-state index in [-0.39, 0.29) is 5.92 Å². The summed E-state index contributed by atoms with van der Waals surface area (Å²) in [6.07, 6.45) is 6.04. The molecule has 3 nitrogen and oxygen atoms in total. The number of unbranched alkanes of at least 4 members (excludes halogenated alkanes) is 2. The summed E-state index contributed by atoms with van der Waals surface area (Å²) in [5.74, 6) is 2.15. The summed E-state index contributed by atoms with van der Waals surface area (Å²) in [5.41, 5.74) is 0. The van der Waals surface area contributed by atoms with E-state index >= 15 is 0 Å². The maximum absolute atomic E-state index is 12.0. The highest BCUT2D eigenvalue weighted by molar-refractivity contribution is 5.81. The summed E-state index contributed by atoms with van der Waals surface area (Å²) in [7, 11) is 2.12. The van der Waals surface area contributed by atoms with Crippen LogP contribution >= 0.6 is 0 Å². The minimum Gasteiger partial charge on any atom is -0.396 e. The van der Waals surface area contributed by atoms with Crippen molar-refractivity contribution in [3.05, 3.63) is 0 Å². The molecule has 0 radical (unpaired) electrons. The Hall–Kier alpha value is -0.410. The van der Waals surface area contributed by atoms with E-state index in [9.17, 15) is 4.79 Å². The van der Waals surface area contributed by atoms with Gasteiger partial charge in [-0.25, -0.2) is 0 Å². The van der Waals surface area contributed by atoms with Crippen LogP contribution in [-0.4, -0.2) is 42.5 Å². The minimum absolute atomic E-state index is 0.254. The first-order valence-corrected chi connectivity index (χ1v) is 7.86. The van der Waals surface area contributed by atoms with Gasteiger partial charge in [-0.05, 0) is 57.5 Å². The van der Waals surface area contributed by atoms with Crippen molar-refractivity contribution >= 4 is 5.78 Å². The molecule has 0 aromatic rings. The van der Waals surface area contributed by atoms with Gasteiger partial charge in [0.05, 0.1) is 0 Å². The largest absolute Gasteiger partial charge is 0.396 e. The Morgan fingerprint density at radius 3 is 2.68 bits per heavy atom. The molecule has 1 N–H and O–H groups in total. The van der Waals surface area contributed by atoms with Crippen molar-refractivity contribution in [1.29, 1.82) is 0 Å². The van der Waals surface area contributed by atoms with Gasteiger partial charge in [-0.15, -0.1) is 0 Å². The minimum atomic E-state index is 0.254. The van der Waals surface area contributed by atoms with Crippen LogP contribution in [0.15, 0.2) is 0 Å². The number of aliphatic hydroxyl groups is 1. The fraction of sp³-hybridized carbons (Fsp3) is 0.938. The third-order valence-corrected chi connectivity index (χ3v) is 4.48. The molecule has 1 fully saturated rings. The van der Waals surface area contributed by atoms with Crippen LogP contribution in [0.4, 0.5) is 0 Å². The molecule has 0 heterocycles. The molecule has 0 aromatic carbocycles. The highest BCUT2D eigenvalue weighted by atomic mass is 16.2. The van der Waals surface area contributed by atoms with Gasteiger partial charge in [0, 0.05) is 25.5 Å². The number of rotatable bonds is 8. The SMILES string of the molecule is CC(C)C1CCC(=O)C(CN(C)CCCCCO)C1. The lowest BCUT2D eigenvalue weighted by Gasteiger charge is -2.32. The molecule has 0 spiro atoms. The highest BCUT2D eigenvalue weighted by Crippen LogP contribution is 2.32. The number of nitrogens with zero attached hydrogens (tertiary/aromatic N) is 1. The van der Waals surface area contributed by atoms with E-state index in [0.29, 0.717) is 18.3 Å². The lowest BCUT2D eigenvalue weighted by atomic mass is 9.75. The Morgan fingerprint density at radius 1 is 1.32 bits per heavy atom. The smallest absolute Gasteiger partial charge is 0.137 e. The fourth-order valence-electron chi connectivity index (χ4n) is 3.07. The van der Waals surface area contributed by atoms with Crippen LogP contribution in [0.25, 0.3) is 0 Å². The summed E-state index contributed by atoms with van der Waals surface area (Å²) in [5, 5.41) is 8.75. The van der Waals surface area contributed by atoms with Gasteiger partial charge in [0.15, 0.2) is 0 Å². The molecule has 0 saturated heterocycles. The molecular formula is C16H31NO2. The summed E-state index contributed by atoms with van der Waals surface area (Å²) in [6, 6.07) is 0. The zero-order valence-electron chi connectivity index (χ0n) is 12.9. The van der Waals surface area contributed by atoms with Crippen molar-refractivity contribution < 1.29 is 9.90 Å². The maximum atomic E-state index is 12.0. The lowest BCUT2D eigenvalue weighted by Crippen LogP contribution is -2.36. The summed E-state index contributed by atoms with van der Waals surface area (Å²) in [6.45, 7) is 6.80. The van der Waals surface area contributed by atoms with Crippen molar-refractivity contribution in [1.82, 2.24) is 4.90 Å². The molecular weight excluding hydrogens is 238 g/mol. The van der Waals surface area contributed by atoms with Crippen molar-refractivity contribution in [3.63, 3.8) is 0 Å². The van der Waals surface area contributed by atoms with Crippen LogP contribution in [0.3, 0.4) is 0 Å². The topological polar surface area (TPSA) is 40.5 Å². The zero-order chi connectivity index (χ0) is 14.3. The molecule has 0 aliphatic heterocycles. The van der Waals surface area contributed by atoms with E-state index in [1.165, 1.54) is 0 Å². The Kier molecular flexibility index (Phi) is 7.62. The normalized spacial score (nSPS) is 24.4. The number of carbonyl (C=O) groups excluding carboxylic acids is 1. The van der Waals surface area contributed by atoms with Crippen LogP contribution in [0, 0.1) is 17.8 Å². The molecule has 19 heavy (non-hydrogen) atoms. The van der Waals surface area contributed by atoms with Gasteiger partial charge in [-0.2, -0.15) is 0 Å². The van der Waals surface area contributed by atoms with E-state index in [4.69, 9.17) is 5.11 Å². The number of ketones is 1. The second-order valence-electron chi connectivity index (χ2n) is 6.49. The Labute approximate surface area is 118 Å². The number of hydrogen-bond acceptors (Lipinski definition) is 3. The van der Waals surface area contributed by atoms with Crippen molar-refractivity contribution in [2.24, 2.45) is 17.8 Å². The summed E-state index contributed by atoms with van der Waals surface area (Å²) >= 11 is 0. The second-order valence-corrected chi connectivity index (χ2v) is 6.49. The first-order chi connectivity index (χ1) is 9.04. The van der Waals surface area contributed by atoms with Gasteiger partial charge in [0.1, 0.15) is 5.78 Å². The van der Waals surface area contributed by atoms with Crippen LogP contribution in [0.1, 0.15) is 52.4 Å². The molecule has 1 aliphatic carbocycles. The average molecular weight is 269 g/mol. The molecule has 3 heteroatoms. The van der Waals surface area contributed by atoms with E-state index in [0.717, 1.165) is 57.5 Å². The van der Waals surface area contributed by atoms with Crippen molar-refractivity contribution in [3.8, 4) is 0 Å². The molecule has 0 bridgehead atoms. The Balaban J connectivity index is 2.30. The second kappa shape index (κ2) is 8.70. The van der Waals surface area contributed by atoms with Crippen molar-refractivity contribution in [2.75, 3.05) is 26.7 Å². The lowest BCUT2D eigenvalue weighted by molar-refractivity contribution is -0.126. The van der Waals surface area contributed by atoms with Gasteiger partial charge in [-0.1, -0.05) is 13.8 Å². The van der Waals surface area contributed by atoms with Gasteiger partial charge in [-0.3, -0.25) is 4.79 Å². The maximum Gasteiger partial charge on any atom is 0.137 e. The fourth-order valence-corrected chi connectivity index (χ4v) is 3.07. The average Bonchev–Trinajstić information content (AvgIpc) is 2.37. The highest BCUT2D eigenvalue weighted by Gasteiger charge is 2.30. The standard InChI is InChI=1S/C16H31NO2/c1-13(2)14-7-8-16(19)15(11-14)12-17(3)9-5-4-6-10-18/h13-15,18H,4-12H2,1-3H3. The Morgan fingerprint density at radius 2 is 2.05 bits per heavy atom. The third-order valence-electron chi connectivity index (χ3n) is 4.48. The van der Waals surface area contributed by atoms with Gasteiger partial charge < -0.3 is 10.0 Å². The van der Waals surface area contributed by atoms with E-state index < -0.39 is 0 Å². The molecule has 2 atom stereocenters. The number of hydrogen-bond donors (Lipinski definition) is 1. The molecule has 1 saturated carbocycles. The molecule has 0 amide bonds. The predicted molar refractivity (Wildman–Crippen MR) is 79.1 cm³/mol. The van der Waals surface area contributed by atoms with Crippen LogP contribution in [0.2, 0.25) is 0 Å². The molecule has 0 aromatic heterocycles. The van der Waals surface area contributed by atoms with E-state index in [1.807, 2.05) is 0 Å². The van der Waals surface area contributed by atoms with Crippen LogP contribution in [-0.2, 0) is 4.79 Å². The monoisotopic (exact) mass is 269 g/mol. The van der Waals surface area contributed by atoms with Gasteiger partial charge in [0.2, 0.25) is 0 Å². The van der Waals surface area contributed by atoms with Crippen LogP contribution in [0.5, 0.6) is 0 Å². The number of Topliss-reactive ketones (excluding diaryl/α,β-unsaturated/α-hetero) is 1. The van der Waals surface area contributed by atoms with E-state index in [2.05, 4.69) is 25.8 Å². The number of aliphatic hydroxyl groups excluding tert-OH is 1. The molecule has 112 valence electrons.